The number of rotatable bonds is 10. The predicted molar refractivity (Wildman–Crippen MR) is 149 cm³/mol. The zero-order valence-corrected chi connectivity index (χ0v) is 26.3. The molecule has 0 saturated carbocycles. The Hall–Kier alpha value is -2.65. The van der Waals surface area contributed by atoms with Gasteiger partial charge in [-0.2, -0.15) is 8.91 Å². The molecule has 0 radical (unpaired) electrons. The maximum Gasteiger partial charge on any atom is 0.237 e. The molecule has 0 saturated heterocycles. The molecule has 0 amide bonds. The zero-order chi connectivity index (χ0) is 32.2. The van der Waals surface area contributed by atoms with E-state index in [0.29, 0.717) is 39.5 Å². The van der Waals surface area contributed by atoms with Crippen molar-refractivity contribution in [1.82, 2.24) is 0 Å². The topological polar surface area (TPSA) is 219 Å². The summed E-state index contributed by atoms with van der Waals surface area (Å²) < 4.78 is 112. The molecule has 0 atom stereocenters. The third-order valence-corrected chi connectivity index (χ3v) is 9.81. The Kier molecular flexibility index (Phi) is 8.79. The standard InChI is InChI=1S/C25H28N2O12S4/c1-24(2)18-12-16(40-39-38-28)8-10-20(18)26(14-41(29,30)31)22(24)6-5-7-23-25(3,4)19-13-17(43(35,36)37)9-11-21(19)27(23)15-42(32,33)34/h5-13H,14-15H2,1-4H3,(H3-,28,29,30,31,32,33,34,35,36,37)/p-3. The van der Waals surface area contributed by atoms with Crippen molar-refractivity contribution in [2.24, 2.45) is 0 Å². The van der Waals surface area contributed by atoms with Crippen LogP contribution < -0.4 is 10.2 Å². The van der Waals surface area contributed by atoms with Crippen LogP contribution in [-0.4, -0.2) is 61.0 Å². The first-order valence-electron chi connectivity index (χ1n) is 12.2. The van der Waals surface area contributed by atoms with Crippen molar-refractivity contribution < 1.29 is 58.1 Å². The van der Waals surface area contributed by atoms with E-state index >= 15 is 0 Å². The first kappa shape index (κ1) is 33.2. The van der Waals surface area contributed by atoms with Crippen LogP contribution in [0.1, 0.15) is 38.8 Å². The van der Waals surface area contributed by atoms with Crippen LogP contribution in [0.5, 0.6) is 0 Å². The molecule has 234 valence electrons. The second kappa shape index (κ2) is 11.4. The summed E-state index contributed by atoms with van der Waals surface area (Å²) in [5, 5.41) is 13.6. The number of hydrogen-bond donors (Lipinski definition) is 0. The van der Waals surface area contributed by atoms with Crippen molar-refractivity contribution in [3.05, 3.63) is 71.5 Å². The Balaban J connectivity index is 1.85. The van der Waals surface area contributed by atoms with Crippen molar-refractivity contribution in [3.63, 3.8) is 0 Å². The molecule has 0 fully saturated rings. The second-order valence-electron chi connectivity index (χ2n) is 10.8. The van der Waals surface area contributed by atoms with Gasteiger partial charge < -0.3 is 23.8 Å². The van der Waals surface area contributed by atoms with Crippen LogP contribution in [0.25, 0.3) is 0 Å². The van der Waals surface area contributed by atoms with E-state index in [2.05, 4.69) is 9.37 Å². The summed E-state index contributed by atoms with van der Waals surface area (Å²) in [7, 11) is -14.4. The molecule has 2 aliphatic rings. The minimum Gasteiger partial charge on any atom is -0.747 e. The average Bonchev–Trinajstić information content (AvgIpc) is 3.19. The lowest BCUT2D eigenvalue weighted by atomic mass is 9.81. The monoisotopic (exact) mass is 673 g/mol. The van der Waals surface area contributed by atoms with Gasteiger partial charge in [0.15, 0.2) is 15.8 Å². The molecule has 0 N–H and O–H groups in total. The maximum atomic E-state index is 11.8. The molecule has 14 nitrogen and oxygen atoms in total. The highest BCUT2D eigenvalue weighted by Gasteiger charge is 2.45. The summed E-state index contributed by atoms with van der Waals surface area (Å²) in [4.78, 5) is 1.13. The molecule has 0 aromatic heterocycles. The van der Waals surface area contributed by atoms with E-state index in [1.165, 1.54) is 39.8 Å². The van der Waals surface area contributed by atoms with Crippen LogP contribution in [0, 0.1) is 0 Å². The minimum atomic E-state index is -4.84. The van der Waals surface area contributed by atoms with Crippen molar-refractivity contribution in [3.8, 4) is 0 Å². The van der Waals surface area contributed by atoms with Crippen molar-refractivity contribution >= 4 is 59.5 Å². The molecule has 0 bridgehead atoms. The van der Waals surface area contributed by atoms with Crippen LogP contribution in [0.2, 0.25) is 0 Å². The minimum absolute atomic E-state index is 0.214. The Morgan fingerprint density at radius 3 is 2.16 bits per heavy atom. The molecule has 0 aliphatic carbocycles. The Morgan fingerprint density at radius 1 is 0.907 bits per heavy atom. The lowest BCUT2D eigenvalue weighted by molar-refractivity contribution is -0.777. The summed E-state index contributed by atoms with van der Waals surface area (Å²) in [6.07, 6.45) is 4.49. The van der Waals surface area contributed by atoms with Crippen LogP contribution in [-0.2, 0) is 50.6 Å². The maximum absolute atomic E-state index is 11.8. The smallest absolute Gasteiger partial charge is 0.237 e. The van der Waals surface area contributed by atoms with Gasteiger partial charge in [0.2, 0.25) is 11.6 Å². The van der Waals surface area contributed by atoms with Gasteiger partial charge in [-0.15, -0.1) is 0 Å². The molecule has 4 rings (SSSR count). The van der Waals surface area contributed by atoms with Crippen molar-refractivity contribution in [2.75, 3.05) is 16.7 Å². The average molecular weight is 674 g/mol. The number of fused-ring (bicyclic) bond motifs is 2. The fraction of sp³-hybridized carbons (Fsp3) is 0.320. The van der Waals surface area contributed by atoms with Gasteiger partial charge in [-0.05, 0) is 55.8 Å². The molecule has 43 heavy (non-hydrogen) atoms. The van der Waals surface area contributed by atoms with Gasteiger partial charge in [-0.25, -0.2) is 25.3 Å². The molecule has 2 aliphatic heterocycles. The molecule has 0 unspecified atom stereocenters. The van der Waals surface area contributed by atoms with Crippen LogP contribution in [0.3, 0.4) is 0 Å². The number of benzene rings is 2. The quantitative estimate of drug-likeness (QED) is 0.115. The fourth-order valence-corrected chi connectivity index (χ4v) is 7.48. The number of anilines is 1. The Morgan fingerprint density at radius 2 is 1.58 bits per heavy atom. The van der Waals surface area contributed by atoms with Crippen molar-refractivity contribution in [1.29, 1.82) is 0 Å². The van der Waals surface area contributed by atoms with Gasteiger partial charge in [-0.1, -0.05) is 19.9 Å². The number of allylic oxidation sites excluding steroid dienone is 4. The SMILES string of the molecule is CC1(C)C(=CC=CC2=[N+](CS(=O)(=O)[O-])c3ccc(SOO[O-])cc3C2(C)C)N(CS(=O)(=O)[O-])c2ccc(S(=O)(=O)[O-])cc21. The lowest BCUT2D eigenvalue weighted by Gasteiger charge is -2.27. The summed E-state index contributed by atoms with van der Waals surface area (Å²) in [6.45, 7) is 6.84. The first-order valence-corrected chi connectivity index (χ1v) is 17.5. The molecular weight excluding hydrogens is 649 g/mol. The van der Waals surface area contributed by atoms with E-state index in [9.17, 15) is 44.2 Å². The summed E-state index contributed by atoms with van der Waals surface area (Å²) >= 11 is 0.631. The van der Waals surface area contributed by atoms with Crippen molar-refractivity contribution in [2.45, 2.75) is 48.3 Å². The van der Waals surface area contributed by atoms with Gasteiger partial charge in [-0.3, -0.25) is 5.04 Å². The summed E-state index contributed by atoms with van der Waals surface area (Å²) in [5.74, 6) is -1.90. The van der Waals surface area contributed by atoms with Gasteiger partial charge in [0.25, 0.3) is 0 Å². The van der Waals surface area contributed by atoms with E-state index in [1.807, 2.05) is 0 Å². The van der Waals surface area contributed by atoms with E-state index in [0.717, 1.165) is 12.1 Å². The lowest BCUT2D eigenvalue weighted by Crippen LogP contribution is -2.31. The van der Waals surface area contributed by atoms with Gasteiger partial charge in [0.1, 0.15) is 26.1 Å². The molecule has 18 heteroatoms. The molecule has 2 aromatic carbocycles. The Labute approximate surface area is 253 Å². The van der Waals surface area contributed by atoms with Gasteiger partial charge >= 0.3 is 0 Å². The number of nitrogens with zero attached hydrogens (tertiary/aromatic N) is 2. The fourth-order valence-electron chi connectivity index (χ4n) is 5.39. The van der Waals surface area contributed by atoms with Gasteiger partial charge in [0.05, 0.1) is 22.4 Å². The summed E-state index contributed by atoms with van der Waals surface area (Å²) in [5.41, 5.74) is 0.172. The Bertz CT molecular complexity index is 1890. The third kappa shape index (κ3) is 6.88. The largest absolute Gasteiger partial charge is 0.747 e. The molecule has 2 heterocycles. The van der Waals surface area contributed by atoms with Crippen LogP contribution in [0.15, 0.2) is 70.1 Å². The zero-order valence-electron chi connectivity index (χ0n) is 23.0. The highest BCUT2D eigenvalue weighted by atomic mass is 32.2. The molecular formula is C25H25N2O12S4-3. The molecule has 2 aromatic rings. The molecule has 0 spiro atoms. The van der Waals surface area contributed by atoms with E-state index in [4.69, 9.17) is 0 Å². The van der Waals surface area contributed by atoms with E-state index < -0.39 is 57.8 Å². The summed E-state index contributed by atoms with van der Waals surface area (Å²) in [6, 6.07) is 8.14. The van der Waals surface area contributed by atoms with E-state index in [1.54, 1.807) is 39.8 Å². The highest BCUT2D eigenvalue weighted by molar-refractivity contribution is 7.94. The third-order valence-electron chi connectivity index (χ3n) is 7.26. The highest BCUT2D eigenvalue weighted by Crippen LogP contribution is 2.49. The predicted octanol–water partition coefficient (Wildman–Crippen LogP) is 1.44. The van der Waals surface area contributed by atoms with Gasteiger partial charge in [0, 0.05) is 39.4 Å². The number of hydrogen-bond acceptors (Lipinski definition) is 14. The normalized spacial score (nSPS) is 19.0. The van der Waals surface area contributed by atoms with Crippen LogP contribution in [0.4, 0.5) is 11.4 Å². The van der Waals surface area contributed by atoms with Crippen LogP contribution >= 0.6 is 12.0 Å². The second-order valence-corrected chi connectivity index (χ2v) is 15.7. The van der Waals surface area contributed by atoms with E-state index in [-0.39, 0.29) is 11.4 Å². The first-order chi connectivity index (χ1) is 19.7.